The second kappa shape index (κ2) is 11.1. The molecule has 0 heterocycles. The number of hydrogen-bond acceptors (Lipinski definition) is 9. The average Bonchev–Trinajstić information content (AvgIpc) is 2.74. The first-order valence-corrected chi connectivity index (χ1v) is 9.27. The zero-order valence-electron chi connectivity index (χ0n) is 17.1. The van der Waals surface area contributed by atoms with Gasteiger partial charge in [0.15, 0.2) is 5.69 Å². The van der Waals surface area contributed by atoms with E-state index in [1.54, 1.807) is 31.2 Å². The van der Waals surface area contributed by atoms with Gasteiger partial charge in [-0.1, -0.05) is 6.58 Å². The van der Waals surface area contributed by atoms with E-state index >= 15 is 0 Å². The fraction of sp³-hybridized carbons (Fsp3) is 0.250. The first kappa shape index (κ1) is 23.9. The third kappa shape index (κ3) is 6.56. The van der Waals surface area contributed by atoms with Crippen molar-refractivity contribution in [2.45, 2.75) is 13.3 Å². The Morgan fingerprint density at radius 2 is 1.81 bits per heavy atom. The van der Waals surface area contributed by atoms with Crippen LogP contribution in [0.15, 0.2) is 59.0 Å². The highest BCUT2D eigenvalue weighted by Gasteiger charge is 2.24. The van der Waals surface area contributed by atoms with Gasteiger partial charge in [0.25, 0.3) is 0 Å². The molecule has 0 atom stereocenters. The summed E-state index contributed by atoms with van der Waals surface area (Å²) >= 11 is 0. The summed E-state index contributed by atoms with van der Waals surface area (Å²) in [6.07, 6.45) is 0.309. The smallest absolute Gasteiger partial charge is 0.311 e. The number of ether oxygens (including phenoxy) is 1. The SMILES string of the molecule is C=C(C)OCCN(CCC#N)c1ccc(N=Nc2cc(F)c([N+](=O)[O-])cc2[N+](=O)[O-])cc1. The topological polar surface area (TPSA) is 147 Å². The van der Waals surface area contributed by atoms with E-state index in [-0.39, 0.29) is 0 Å². The molecule has 0 aromatic heterocycles. The number of benzene rings is 2. The number of nitro benzene ring substituents is 2. The Morgan fingerprint density at radius 1 is 1.16 bits per heavy atom. The largest absolute Gasteiger partial charge is 0.497 e. The third-order valence-electron chi connectivity index (χ3n) is 4.13. The number of rotatable bonds is 11. The van der Waals surface area contributed by atoms with Crippen molar-refractivity contribution in [1.29, 1.82) is 5.26 Å². The highest BCUT2D eigenvalue weighted by molar-refractivity contribution is 5.62. The van der Waals surface area contributed by atoms with Gasteiger partial charge in [-0.05, 0) is 31.2 Å². The van der Waals surface area contributed by atoms with Gasteiger partial charge in [-0.15, -0.1) is 5.11 Å². The number of halogens is 1. The Balaban J connectivity index is 2.23. The lowest BCUT2D eigenvalue weighted by Gasteiger charge is -2.24. The van der Waals surface area contributed by atoms with Gasteiger partial charge >= 0.3 is 11.4 Å². The predicted molar refractivity (Wildman–Crippen MR) is 114 cm³/mol. The summed E-state index contributed by atoms with van der Waals surface area (Å²) in [4.78, 5) is 21.9. The van der Waals surface area contributed by atoms with Crippen LogP contribution < -0.4 is 4.90 Å². The van der Waals surface area contributed by atoms with Crippen molar-refractivity contribution in [3.63, 3.8) is 0 Å². The molecule has 0 amide bonds. The Hall–Kier alpha value is -4.40. The van der Waals surface area contributed by atoms with Crippen LogP contribution >= 0.6 is 0 Å². The lowest BCUT2D eigenvalue weighted by molar-refractivity contribution is -0.395. The van der Waals surface area contributed by atoms with Crippen molar-refractivity contribution in [1.82, 2.24) is 0 Å². The maximum Gasteiger partial charge on any atom is 0.311 e. The molecule has 0 radical (unpaired) electrons. The van der Waals surface area contributed by atoms with Gasteiger partial charge in [0.2, 0.25) is 5.82 Å². The minimum Gasteiger partial charge on any atom is -0.497 e. The van der Waals surface area contributed by atoms with Crippen molar-refractivity contribution in [3.8, 4) is 6.07 Å². The van der Waals surface area contributed by atoms with Crippen molar-refractivity contribution >= 4 is 28.4 Å². The van der Waals surface area contributed by atoms with Gasteiger partial charge in [0, 0.05) is 18.3 Å². The normalized spacial score (nSPS) is 10.5. The lowest BCUT2D eigenvalue weighted by Crippen LogP contribution is -2.28. The van der Waals surface area contributed by atoms with Crippen LogP contribution in [0, 0.1) is 37.4 Å². The molecule has 0 bridgehead atoms. The zero-order valence-corrected chi connectivity index (χ0v) is 17.1. The van der Waals surface area contributed by atoms with Crippen LogP contribution in [-0.2, 0) is 4.74 Å². The van der Waals surface area contributed by atoms with Gasteiger partial charge < -0.3 is 9.64 Å². The molecule has 166 valence electrons. The number of anilines is 1. The summed E-state index contributed by atoms with van der Waals surface area (Å²) in [5.74, 6) is -0.673. The first-order valence-electron chi connectivity index (χ1n) is 9.27. The van der Waals surface area contributed by atoms with Crippen LogP contribution in [0.25, 0.3) is 0 Å². The van der Waals surface area contributed by atoms with Crippen molar-refractivity contribution in [2.24, 2.45) is 10.2 Å². The maximum absolute atomic E-state index is 13.9. The van der Waals surface area contributed by atoms with Crippen LogP contribution in [0.4, 0.5) is 32.8 Å². The van der Waals surface area contributed by atoms with Crippen molar-refractivity contribution in [2.75, 3.05) is 24.6 Å². The molecule has 2 aromatic carbocycles. The Labute approximate surface area is 182 Å². The molecule has 2 rings (SSSR count). The fourth-order valence-corrected chi connectivity index (χ4v) is 2.63. The summed E-state index contributed by atoms with van der Waals surface area (Å²) in [5.41, 5.74) is -1.10. The first-order chi connectivity index (χ1) is 15.2. The highest BCUT2D eigenvalue weighted by Crippen LogP contribution is 2.35. The number of allylic oxidation sites excluding steroid dienone is 1. The molecule has 2 aromatic rings. The number of nitriles is 1. The summed E-state index contributed by atoms with van der Waals surface area (Å²) in [7, 11) is 0. The van der Waals surface area contributed by atoms with Crippen molar-refractivity contribution in [3.05, 3.63) is 74.8 Å². The molecule has 0 unspecified atom stereocenters. The summed E-state index contributed by atoms with van der Waals surface area (Å²) in [6.45, 7) is 6.78. The molecular formula is C20H19FN6O5. The van der Waals surface area contributed by atoms with Crippen LogP contribution in [0.1, 0.15) is 13.3 Å². The zero-order chi connectivity index (χ0) is 23.7. The van der Waals surface area contributed by atoms with E-state index in [2.05, 4.69) is 22.9 Å². The lowest BCUT2D eigenvalue weighted by atomic mass is 10.2. The summed E-state index contributed by atoms with van der Waals surface area (Å²) < 4.78 is 19.2. The molecule has 11 nitrogen and oxygen atoms in total. The Bertz CT molecular complexity index is 1080. The maximum atomic E-state index is 13.9. The van der Waals surface area contributed by atoms with E-state index in [0.29, 0.717) is 49.7 Å². The molecule has 0 fully saturated rings. The van der Waals surface area contributed by atoms with Gasteiger partial charge in [0.05, 0.1) is 46.4 Å². The minimum absolute atomic E-state index is 0.309. The quantitative estimate of drug-likeness (QED) is 0.198. The molecule has 0 saturated carbocycles. The van der Waals surface area contributed by atoms with Gasteiger partial charge in [-0.25, -0.2) is 0 Å². The molecule has 0 aliphatic heterocycles. The Kier molecular flexibility index (Phi) is 8.29. The Morgan fingerprint density at radius 3 is 2.38 bits per heavy atom. The van der Waals surface area contributed by atoms with Crippen LogP contribution in [-0.4, -0.2) is 29.5 Å². The van der Waals surface area contributed by atoms with E-state index < -0.39 is 32.7 Å². The van der Waals surface area contributed by atoms with Crippen LogP contribution in [0.2, 0.25) is 0 Å². The molecule has 0 spiro atoms. The molecule has 0 saturated heterocycles. The van der Waals surface area contributed by atoms with E-state index in [0.717, 1.165) is 5.69 Å². The van der Waals surface area contributed by atoms with E-state index in [1.807, 2.05) is 4.90 Å². The molecule has 32 heavy (non-hydrogen) atoms. The number of hydrogen-bond donors (Lipinski definition) is 0. The summed E-state index contributed by atoms with van der Waals surface area (Å²) in [5, 5.41) is 38.4. The van der Waals surface area contributed by atoms with Gasteiger partial charge in [-0.2, -0.15) is 14.8 Å². The predicted octanol–water partition coefficient (Wildman–Crippen LogP) is 5.33. The van der Waals surface area contributed by atoms with Crippen molar-refractivity contribution < 1.29 is 19.0 Å². The van der Waals surface area contributed by atoms with E-state index in [4.69, 9.17) is 10.00 Å². The number of nitrogens with zero attached hydrogens (tertiary/aromatic N) is 6. The van der Waals surface area contributed by atoms with Gasteiger partial charge in [0.1, 0.15) is 6.61 Å². The fourth-order valence-electron chi connectivity index (χ4n) is 2.63. The third-order valence-corrected chi connectivity index (χ3v) is 4.13. The second-order valence-electron chi connectivity index (χ2n) is 6.47. The molecular weight excluding hydrogens is 423 g/mol. The minimum atomic E-state index is -1.25. The van der Waals surface area contributed by atoms with Crippen LogP contribution in [0.3, 0.4) is 0 Å². The number of nitro groups is 2. The standard InChI is InChI=1S/C20H19FN6O5/c1-14(2)32-11-10-25(9-3-8-22)16-6-4-15(5-7-16)23-24-18-12-17(21)19(26(28)29)13-20(18)27(30)31/h4-7,12-13H,1,3,9-11H2,2H3. The molecule has 0 N–H and O–H groups in total. The second-order valence-corrected chi connectivity index (χ2v) is 6.47. The summed E-state index contributed by atoms with van der Waals surface area (Å²) in [6, 6.07) is 9.81. The number of azo groups is 1. The molecule has 0 aliphatic rings. The van der Waals surface area contributed by atoms with Crippen LogP contribution in [0.5, 0.6) is 0 Å². The molecule has 12 heteroatoms. The average molecular weight is 442 g/mol. The highest BCUT2D eigenvalue weighted by atomic mass is 19.1. The van der Waals surface area contributed by atoms with Gasteiger partial charge in [-0.3, -0.25) is 20.2 Å². The monoisotopic (exact) mass is 442 g/mol. The van der Waals surface area contributed by atoms with E-state index in [1.165, 1.54) is 0 Å². The van der Waals surface area contributed by atoms with E-state index in [9.17, 15) is 24.6 Å². The molecule has 0 aliphatic carbocycles.